The van der Waals surface area contributed by atoms with Crippen LogP contribution in [0.5, 0.6) is 0 Å². The third kappa shape index (κ3) is 1.82. The standard InChI is InChI=1S/C10H17N5S/c1-4-7(5-11)9-14-15-8(6(2)3)12-13-10(15)16-9/h6-7H,4-5,11H2,1-3H3. The SMILES string of the molecule is CCC(CN)c1nn2c(C(C)C)nnc2s1. The second kappa shape index (κ2) is 4.47. The van der Waals surface area contributed by atoms with E-state index in [0.29, 0.717) is 18.4 Å². The first-order valence-corrected chi connectivity index (χ1v) is 6.41. The Hall–Kier alpha value is -1.01. The van der Waals surface area contributed by atoms with Gasteiger partial charge in [-0.3, -0.25) is 0 Å². The Morgan fingerprint density at radius 3 is 2.69 bits per heavy atom. The lowest BCUT2D eigenvalue weighted by Crippen LogP contribution is -2.12. The van der Waals surface area contributed by atoms with Crippen molar-refractivity contribution in [3.63, 3.8) is 0 Å². The zero-order chi connectivity index (χ0) is 11.7. The summed E-state index contributed by atoms with van der Waals surface area (Å²) in [5.41, 5.74) is 5.73. The summed E-state index contributed by atoms with van der Waals surface area (Å²) in [5.74, 6) is 1.60. The Bertz CT molecular complexity index is 468. The first-order valence-electron chi connectivity index (χ1n) is 5.59. The van der Waals surface area contributed by atoms with Gasteiger partial charge in [0.2, 0.25) is 4.96 Å². The third-order valence-corrected chi connectivity index (χ3v) is 3.73. The Morgan fingerprint density at radius 2 is 2.12 bits per heavy atom. The first kappa shape index (κ1) is 11.5. The number of nitrogens with two attached hydrogens (primary N) is 1. The minimum absolute atomic E-state index is 0.336. The van der Waals surface area contributed by atoms with Gasteiger partial charge in [-0.2, -0.15) is 9.61 Å². The molecule has 0 aliphatic heterocycles. The number of fused-ring (bicyclic) bond motifs is 1. The average molecular weight is 239 g/mol. The van der Waals surface area contributed by atoms with Crippen molar-refractivity contribution < 1.29 is 0 Å². The van der Waals surface area contributed by atoms with Crippen LogP contribution < -0.4 is 5.73 Å². The van der Waals surface area contributed by atoms with Crippen molar-refractivity contribution in [2.75, 3.05) is 6.54 Å². The molecule has 0 spiro atoms. The summed E-state index contributed by atoms with van der Waals surface area (Å²) in [6, 6.07) is 0. The van der Waals surface area contributed by atoms with Crippen LogP contribution in [0.3, 0.4) is 0 Å². The van der Waals surface area contributed by atoms with E-state index < -0.39 is 0 Å². The summed E-state index contributed by atoms with van der Waals surface area (Å²) in [6.07, 6.45) is 1.01. The van der Waals surface area contributed by atoms with Crippen molar-refractivity contribution in [3.05, 3.63) is 10.8 Å². The molecule has 0 fully saturated rings. The number of aromatic nitrogens is 4. The number of nitrogens with zero attached hydrogens (tertiary/aromatic N) is 4. The second-order valence-corrected chi connectivity index (χ2v) is 5.18. The highest BCUT2D eigenvalue weighted by molar-refractivity contribution is 7.16. The minimum atomic E-state index is 0.336. The van der Waals surface area contributed by atoms with Gasteiger partial charge in [0.25, 0.3) is 0 Å². The van der Waals surface area contributed by atoms with Gasteiger partial charge in [0.1, 0.15) is 5.01 Å². The van der Waals surface area contributed by atoms with Crippen LogP contribution in [0, 0.1) is 0 Å². The molecule has 0 saturated carbocycles. The molecule has 88 valence electrons. The fourth-order valence-electron chi connectivity index (χ4n) is 1.61. The number of rotatable bonds is 4. The van der Waals surface area contributed by atoms with Crippen LogP contribution in [0.15, 0.2) is 0 Å². The predicted molar refractivity (Wildman–Crippen MR) is 64.8 cm³/mol. The highest BCUT2D eigenvalue weighted by Crippen LogP contribution is 2.25. The molecule has 2 aromatic rings. The molecule has 2 heterocycles. The molecule has 2 N–H and O–H groups in total. The van der Waals surface area contributed by atoms with E-state index in [1.807, 2.05) is 4.52 Å². The Balaban J connectivity index is 2.44. The maximum atomic E-state index is 5.73. The van der Waals surface area contributed by atoms with Gasteiger partial charge in [-0.15, -0.1) is 10.2 Å². The van der Waals surface area contributed by atoms with Crippen LogP contribution in [0.2, 0.25) is 0 Å². The summed E-state index contributed by atoms with van der Waals surface area (Å²) >= 11 is 1.59. The molecule has 5 nitrogen and oxygen atoms in total. The second-order valence-electron chi connectivity index (χ2n) is 4.19. The Labute approximate surface area is 98.7 Å². The van der Waals surface area contributed by atoms with Crippen molar-refractivity contribution in [3.8, 4) is 0 Å². The first-order chi connectivity index (χ1) is 7.67. The Morgan fingerprint density at radius 1 is 1.38 bits per heavy atom. The zero-order valence-electron chi connectivity index (χ0n) is 9.84. The van der Waals surface area contributed by atoms with Gasteiger partial charge < -0.3 is 5.73 Å². The summed E-state index contributed by atoms with van der Waals surface area (Å²) in [5, 5.41) is 13.9. The molecule has 16 heavy (non-hydrogen) atoms. The van der Waals surface area contributed by atoms with Crippen molar-refractivity contribution in [1.82, 2.24) is 19.8 Å². The molecular formula is C10H17N5S. The largest absolute Gasteiger partial charge is 0.330 e. The fourth-order valence-corrected chi connectivity index (χ4v) is 2.66. The van der Waals surface area contributed by atoms with E-state index in [1.165, 1.54) is 0 Å². The monoisotopic (exact) mass is 239 g/mol. The van der Waals surface area contributed by atoms with E-state index >= 15 is 0 Å². The van der Waals surface area contributed by atoms with Crippen LogP contribution in [0.1, 0.15) is 49.9 Å². The lowest BCUT2D eigenvalue weighted by molar-refractivity contribution is 0.642. The van der Waals surface area contributed by atoms with Gasteiger partial charge in [0, 0.05) is 18.4 Å². The molecule has 0 aliphatic carbocycles. The molecule has 1 atom stereocenters. The number of hydrogen-bond donors (Lipinski definition) is 1. The van der Waals surface area contributed by atoms with Gasteiger partial charge in [-0.1, -0.05) is 32.1 Å². The predicted octanol–water partition coefficient (Wildman–Crippen LogP) is 1.76. The topological polar surface area (TPSA) is 69.1 Å². The molecule has 0 bridgehead atoms. The van der Waals surface area contributed by atoms with Crippen LogP contribution in [-0.4, -0.2) is 26.4 Å². The smallest absolute Gasteiger partial charge is 0.234 e. The lowest BCUT2D eigenvalue weighted by atomic mass is 10.1. The van der Waals surface area contributed by atoms with E-state index in [0.717, 1.165) is 22.2 Å². The van der Waals surface area contributed by atoms with Gasteiger partial charge in [-0.25, -0.2) is 0 Å². The van der Waals surface area contributed by atoms with E-state index in [1.54, 1.807) is 11.3 Å². The highest BCUT2D eigenvalue weighted by Gasteiger charge is 2.18. The third-order valence-electron chi connectivity index (χ3n) is 2.67. The summed E-state index contributed by atoms with van der Waals surface area (Å²) in [4.78, 5) is 0.866. The molecule has 0 amide bonds. The number of hydrogen-bond acceptors (Lipinski definition) is 5. The van der Waals surface area contributed by atoms with Gasteiger partial charge in [-0.05, 0) is 6.42 Å². The van der Waals surface area contributed by atoms with Gasteiger partial charge in [0.05, 0.1) is 0 Å². The molecule has 1 unspecified atom stereocenters. The average Bonchev–Trinajstić information content (AvgIpc) is 2.78. The van der Waals surface area contributed by atoms with E-state index in [4.69, 9.17) is 5.73 Å². The highest BCUT2D eigenvalue weighted by atomic mass is 32.1. The molecule has 6 heteroatoms. The van der Waals surface area contributed by atoms with E-state index in [9.17, 15) is 0 Å². The van der Waals surface area contributed by atoms with E-state index in [-0.39, 0.29) is 0 Å². The van der Waals surface area contributed by atoms with Crippen molar-refractivity contribution in [1.29, 1.82) is 0 Å². The maximum absolute atomic E-state index is 5.73. The lowest BCUT2D eigenvalue weighted by Gasteiger charge is -2.06. The molecule has 2 aromatic heterocycles. The summed E-state index contributed by atoms with van der Waals surface area (Å²) in [7, 11) is 0. The molecule has 0 radical (unpaired) electrons. The quantitative estimate of drug-likeness (QED) is 0.882. The van der Waals surface area contributed by atoms with Crippen LogP contribution in [0.25, 0.3) is 4.96 Å². The normalized spacial score (nSPS) is 13.8. The van der Waals surface area contributed by atoms with Crippen LogP contribution >= 0.6 is 11.3 Å². The molecule has 0 saturated heterocycles. The Kier molecular flexibility index (Phi) is 3.20. The molecule has 2 rings (SSSR count). The van der Waals surface area contributed by atoms with Gasteiger partial charge in [0.15, 0.2) is 5.82 Å². The molecular weight excluding hydrogens is 222 g/mol. The van der Waals surface area contributed by atoms with E-state index in [2.05, 4.69) is 36.1 Å². The van der Waals surface area contributed by atoms with Gasteiger partial charge >= 0.3 is 0 Å². The summed E-state index contributed by atoms with van der Waals surface area (Å²) in [6.45, 7) is 6.95. The van der Waals surface area contributed by atoms with Crippen molar-refractivity contribution in [2.45, 2.75) is 39.0 Å². The molecule has 0 aliphatic rings. The fraction of sp³-hybridized carbons (Fsp3) is 0.700. The van der Waals surface area contributed by atoms with Crippen molar-refractivity contribution in [2.24, 2.45) is 5.73 Å². The maximum Gasteiger partial charge on any atom is 0.234 e. The van der Waals surface area contributed by atoms with Crippen LogP contribution in [-0.2, 0) is 0 Å². The minimum Gasteiger partial charge on any atom is -0.330 e. The molecule has 0 aromatic carbocycles. The van der Waals surface area contributed by atoms with Crippen LogP contribution in [0.4, 0.5) is 0 Å². The summed E-state index contributed by atoms with van der Waals surface area (Å²) < 4.78 is 1.85. The van der Waals surface area contributed by atoms with Crippen molar-refractivity contribution >= 4 is 16.3 Å². The zero-order valence-corrected chi connectivity index (χ0v) is 10.7.